The molecule has 21 heavy (non-hydrogen) atoms. The molecule has 0 aromatic carbocycles. The highest BCUT2D eigenvalue weighted by atomic mass is 15.3. The molecule has 1 fully saturated rings. The van der Waals surface area contributed by atoms with Crippen LogP contribution in [0, 0.1) is 11.3 Å². The SMILES string of the molecule is N#Cc1ccnc(N2CCN(c3ccc(N)cn3)CC2)n1. The summed E-state index contributed by atoms with van der Waals surface area (Å²) in [6.45, 7) is 3.25. The number of hydrogen-bond donors (Lipinski definition) is 1. The first-order valence-electron chi connectivity index (χ1n) is 6.71. The van der Waals surface area contributed by atoms with Crippen LogP contribution in [0.25, 0.3) is 0 Å². The van der Waals surface area contributed by atoms with Gasteiger partial charge in [0.15, 0.2) is 0 Å². The number of hydrogen-bond acceptors (Lipinski definition) is 7. The molecule has 0 atom stereocenters. The summed E-state index contributed by atoms with van der Waals surface area (Å²) in [5.74, 6) is 1.54. The average molecular weight is 281 g/mol. The van der Waals surface area contributed by atoms with Crippen molar-refractivity contribution in [1.29, 1.82) is 5.26 Å². The molecule has 106 valence electrons. The van der Waals surface area contributed by atoms with Gasteiger partial charge < -0.3 is 15.5 Å². The molecule has 3 heterocycles. The van der Waals surface area contributed by atoms with E-state index in [4.69, 9.17) is 11.0 Å². The van der Waals surface area contributed by atoms with Crippen LogP contribution in [0.1, 0.15) is 5.69 Å². The van der Waals surface area contributed by atoms with Gasteiger partial charge in [0.25, 0.3) is 0 Å². The summed E-state index contributed by atoms with van der Waals surface area (Å²) in [7, 11) is 0. The van der Waals surface area contributed by atoms with E-state index in [-0.39, 0.29) is 0 Å². The van der Waals surface area contributed by atoms with Crippen molar-refractivity contribution in [1.82, 2.24) is 15.0 Å². The first kappa shape index (κ1) is 13.1. The van der Waals surface area contributed by atoms with Gasteiger partial charge in [-0.05, 0) is 18.2 Å². The van der Waals surface area contributed by atoms with Crippen molar-refractivity contribution in [3.05, 3.63) is 36.3 Å². The van der Waals surface area contributed by atoms with Crippen LogP contribution < -0.4 is 15.5 Å². The van der Waals surface area contributed by atoms with E-state index >= 15 is 0 Å². The number of nitriles is 1. The lowest BCUT2D eigenvalue weighted by molar-refractivity contribution is 0.634. The molecule has 7 heteroatoms. The largest absolute Gasteiger partial charge is 0.397 e. The predicted octanol–water partition coefficient (Wildman–Crippen LogP) is 0.652. The average Bonchev–Trinajstić information content (AvgIpc) is 2.56. The number of nitrogens with zero attached hydrogens (tertiary/aromatic N) is 6. The number of aromatic nitrogens is 3. The van der Waals surface area contributed by atoms with Crippen molar-refractivity contribution in [2.24, 2.45) is 0 Å². The summed E-state index contributed by atoms with van der Waals surface area (Å²) in [4.78, 5) is 17.1. The highest BCUT2D eigenvalue weighted by molar-refractivity contribution is 5.47. The van der Waals surface area contributed by atoms with Gasteiger partial charge in [-0.15, -0.1) is 0 Å². The minimum absolute atomic E-state index is 0.391. The van der Waals surface area contributed by atoms with Crippen molar-refractivity contribution < 1.29 is 0 Å². The molecule has 0 unspecified atom stereocenters. The molecule has 0 bridgehead atoms. The summed E-state index contributed by atoms with van der Waals surface area (Å²) in [5, 5.41) is 8.89. The maximum Gasteiger partial charge on any atom is 0.226 e. The molecular formula is C14H15N7. The molecule has 2 aromatic rings. The Hall–Kier alpha value is -2.88. The first-order chi connectivity index (χ1) is 10.3. The van der Waals surface area contributed by atoms with Crippen LogP contribution in [0.2, 0.25) is 0 Å². The number of nitrogen functional groups attached to an aromatic ring is 1. The Morgan fingerprint density at radius 3 is 2.48 bits per heavy atom. The van der Waals surface area contributed by atoms with Gasteiger partial charge in [-0.25, -0.2) is 15.0 Å². The maximum atomic E-state index is 8.89. The van der Waals surface area contributed by atoms with Crippen LogP contribution in [-0.2, 0) is 0 Å². The third-order valence-electron chi connectivity index (χ3n) is 3.41. The molecule has 7 nitrogen and oxygen atoms in total. The van der Waals surface area contributed by atoms with E-state index in [9.17, 15) is 0 Å². The topological polar surface area (TPSA) is 95.0 Å². The summed E-state index contributed by atoms with van der Waals surface area (Å²) >= 11 is 0. The lowest BCUT2D eigenvalue weighted by Crippen LogP contribution is -2.47. The Kier molecular flexibility index (Phi) is 3.51. The van der Waals surface area contributed by atoms with E-state index < -0.39 is 0 Å². The van der Waals surface area contributed by atoms with Crippen LogP contribution in [0.15, 0.2) is 30.6 Å². The molecule has 3 rings (SSSR count). The van der Waals surface area contributed by atoms with Crippen molar-refractivity contribution in [2.45, 2.75) is 0 Å². The van der Waals surface area contributed by atoms with Crippen molar-refractivity contribution in [3.63, 3.8) is 0 Å². The summed E-state index contributed by atoms with van der Waals surface area (Å²) in [6, 6.07) is 7.43. The van der Waals surface area contributed by atoms with Crippen LogP contribution in [0.4, 0.5) is 17.5 Å². The Morgan fingerprint density at radius 2 is 1.81 bits per heavy atom. The van der Waals surface area contributed by atoms with Gasteiger partial charge in [0.05, 0.1) is 11.9 Å². The van der Waals surface area contributed by atoms with Gasteiger partial charge in [0.2, 0.25) is 5.95 Å². The van der Waals surface area contributed by atoms with E-state index in [2.05, 4.69) is 24.8 Å². The Morgan fingerprint density at radius 1 is 1.05 bits per heavy atom. The molecule has 1 aliphatic rings. The van der Waals surface area contributed by atoms with Crippen LogP contribution >= 0.6 is 0 Å². The fraction of sp³-hybridized carbons (Fsp3) is 0.286. The fourth-order valence-corrected chi connectivity index (χ4v) is 2.28. The highest BCUT2D eigenvalue weighted by Crippen LogP contribution is 2.17. The number of pyridine rings is 1. The lowest BCUT2D eigenvalue weighted by atomic mass is 10.3. The molecular weight excluding hydrogens is 266 g/mol. The van der Waals surface area contributed by atoms with E-state index in [0.717, 1.165) is 32.0 Å². The van der Waals surface area contributed by atoms with Crippen molar-refractivity contribution in [3.8, 4) is 6.07 Å². The fourth-order valence-electron chi connectivity index (χ4n) is 2.28. The standard InChI is InChI=1S/C14H15N7/c15-9-12-3-4-17-14(19-12)21-7-5-20(6-8-21)13-2-1-11(16)10-18-13/h1-4,10H,5-8,16H2. The molecule has 0 spiro atoms. The predicted molar refractivity (Wildman–Crippen MR) is 79.8 cm³/mol. The maximum absolute atomic E-state index is 8.89. The highest BCUT2D eigenvalue weighted by Gasteiger charge is 2.20. The van der Waals surface area contributed by atoms with E-state index in [1.165, 1.54) is 0 Å². The number of rotatable bonds is 2. The smallest absolute Gasteiger partial charge is 0.226 e. The molecule has 0 amide bonds. The second-order valence-corrected chi connectivity index (χ2v) is 4.78. The Balaban J connectivity index is 1.67. The third-order valence-corrected chi connectivity index (χ3v) is 3.41. The molecule has 2 N–H and O–H groups in total. The summed E-state index contributed by atoms with van der Waals surface area (Å²) in [5.41, 5.74) is 6.71. The minimum Gasteiger partial charge on any atom is -0.397 e. The van der Waals surface area contributed by atoms with E-state index in [0.29, 0.717) is 17.3 Å². The van der Waals surface area contributed by atoms with Gasteiger partial charge in [-0.1, -0.05) is 0 Å². The normalized spacial score (nSPS) is 14.8. The van der Waals surface area contributed by atoms with Gasteiger partial charge in [0.1, 0.15) is 17.6 Å². The second kappa shape index (κ2) is 5.63. The van der Waals surface area contributed by atoms with Gasteiger partial charge in [0, 0.05) is 32.4 Å². The quantitative estimate of drug-likeness (QED) is 0.863. The summed E-state index contributed by atoms with van der Waals surface area (Å²) in [6.07, 6.45) is 3.29. The lowest BCUT2D eigenvalue weighted by Gasteiger charge is -2.35. The number of piperazine rings is 1. The molecule has 2 aromatic heterocycles. The molecule has 0 radical (unpaired) electrons. The van der Waals surface area contributed by atoms with Crippen molar-refractivity contribution in [2.75, 3.05) is 41.7 Å². The number of anilines is 3. The summed E-state index contributed by atoms with van der Waals surface area (Å²) < 4.78 is 0. The molecule has 1 aliphatic heterocycles. The zero-order valence-corrected chi connectivity index (χ0v) is 11.5. The molecule has 1 saturated heterocycles. The third kappa shape index (κ3) is 2.84. The van der Waals surface area contributed by atoms with Crippen LogP contribution in [0.5, 0.6) is 0 Å². The zero-order chi connectivity index (χ0) is 14.7. The monoisotopic (exact) mass is 281 g/mol. The number of nitrogens with two attached hydrogens (primary N) is 1. The van der Waals surface area contributed by atoms with Gasteiger partial charge in [-0.3, -0.25) is 0 Å². The zero-order valence-electron chi connectivity index (χ0n) is 11.5. The molecule has 0 aliphatic carbocycles. The second-order valence-electron chi connectivity index (χ2n) is 4.78. The van der Waals surface area contributed by atoms with E-state index in [1.54, 1.807) is 18.5 Å². The van der Waals surface area contributed by atoms with Crippen LogP contribution in [0.3, 0.4) is 0 Å². The first-order valence-corrected chi connectivity index (χ1v) is 6.71. The minimum atomic E-state index is 0.391. The van der Waals surface area contributed by atoms with Crippen molar-refractivity contribution >= 4 is 17.5 Å². The van der Waals surface area contributed by atoms with Crippen LogP contribution in [-0.4, -0.2) is 41.1 Å². The van der Waals surface area contributed by atoms with E-state index in [1.807, 2.05) is 18.2 Å². The van der Waals surface area contributed by atoms with Gasteiger partial charge >= 0.3 is 0 Å². The molecule has 0 saturated carbocycles. The van der Waals surface area contributed by atoms with Gasteiger partial charge in [-0.2, -0.15) is 5.26 Å². The Bertz CT molecular complexity index is 654. The Labute approximate surface area is 122 Å².